The van der Waals surface area contributed by atoms with Crippen molar-refractivity contribution in [2.45, 2.75) is 6.42 Å². The lowest BCUT2D eigenvalue weighted by atomic mass is 10.1. The van der Waals surface area contributed by atoms with Gasteiger partial charge in [-0.1, -0.05) is 18.2 Å². The Hall–Kier alpha value is -2.60. The number of guanidine groups is 1. The predicted octanol–water partition coefficient (Wildman–Crippen LogP) is 2.70. The van der Waals surface area contributed by atoms with Crippen LogP contribution in [0.15, 0.2) is 51.3 Å². The summed E-state index contributed by atoms with van der Waals surface area (Å²) in [6.07, 6.45) is 2.37. The Kier molecular flexibility index (Phi) is 3.70. The Morgan fingerprint density at radius 3 is 2.86 bits per heavy atom. The van der Waals surface area contributed by atoms with E-state index in [9.17, 15) is 0 Å². The fourth-order valence-corrected chi connectivity index (χ4v) is 2.95. The molecule has 0 saturated heterocycles. The van der Waals surface area contributed by atoms with Gasteiger partial charge in [-0.3, -0.25) is 0 Å². The molecule has 3 aromatic rings. The number of nitrogens with two attached hydrogens (primary N) is 2. The molecule has 5 N–H and O–H groups in total. The first kappa shape index (κ1) is 13.4. The van der Waals surface area contributed by atoms with Crippen molar-refractivity contribution < 1.29 is 0 Å². The van der Waals surface area contributed by atoms with Gasteiger partial charge >= 0.3 is 0 Å². The van der Waals surface area contributed by atoms with E-state index < -0.39 is 0 Å². The standard InChI is InChI=1S/C15H15N5S/c16-15(17)20-18-7-5-12-11-3-1-2-4-13(11)19-14(12)10-6-8-21-9-10/h1-4,6-9,19H,5H2,(H4,16,17,20). The first-order valence-corrected chi connectivity index (χ1v) is 7.42. The summed E-state index contributed by atoms with van der Waals surface area (Å²) in [6, 6.07) is 10.3. The lowest BCUT2D eigenvalue weighted by Gasteiger charge is -1.99. The summed E-state index contributed by atoms with van der Waals surface area (Å²) in [4.78, 5) is 3.48. The molecule has 106 valence electrons. The quantitative estimate of drug-likeness (QED) is 0.392. The number of hydrogen-bond acceptors (Lipinski definition) is 3. The summed E-state index contributed by atoms with van der Waals surface area (Å²) in [6.45, 7) is 0. The van der Waals surface area contributed by atoms with E-state index in [1.54, 1.807) is 17.6 Å². The zero-order valence-electron chi connectivity index (χ0n) is 11.3. The molecule has 0 radical (unpaired) electrons. The molecule has 0 amide bonds. The fraction of sp³-hybridized carbons (Fsp3) is 0.0667. The first-order chi connectivity index (χ1) is 10.3. The van der Waals surface area contributed by atoms with Crippen molar-refractivity contribution >= 4 is 34.4 Å². The summed E-state index contributed by atoms with van der Waals surface area (Å²) >= 11 is 1.68. The smallest absolute Gasteiger partial charge is 0.211 e. The van der Waals surface area contributed by atoms with Crippen molar-refractivity contribution in [3.05, 3.63) is 46.7 Å². The van der Waals surface area contributed by atoms with Gasteiger partial charge in [0.1, 0.15) is 0 Å². The molecule has 3 rings (SSSR count). The van der Waals surface area contributed by atoms with E-state index in [4.69, 9.17) is 11.5 Å². The van der Waals surface area contributed by atoms with E-state index in [0.29, 0.717) is 6.42 Å². The number of fused-ring (bicyclic) bond motifs is 1. The Bertz CT molecular complexity index is 795. The Labute approximate surface area is 126 Å². The van der Waals surface area contributed by atoms with E-state index in [1.165, 1.54) is 16.5 Å². The third-order valence-corrected chi connectivity index (χ3v) is 3.86. The molecular formula is C15H15N5S. The van der Waals surface area contributed by atoms with Crippen LogP contribution in [0.5, 0.6) is 0 Å². The van der Waals surface area contributed by atoms with Gasteiger partial charge in [0.25, 0.3) is 0 Å². The summed E-state index contributed by atoms with van der Waals surface area (Å²) in [5, 5.41) is 12.9. The highest BCUT2D eigenvalue weighted by atomic mass is 32.1. The van der Waals surface area contributed by atoms with Crippen molar-refractivity contribution in [3.63, 3.8) is 0 Å². The van der Waals surface area contributed by atoms with Crippen molar-refractivity contribution in [1.82, 2.24) is 4.98 Å². The van der Waals surface area contributed by atoms with E-state index >= 15 is 0 Å². The SMILES string of the molecule is NC(N)=NN=CCc1c(-c2ccsc2)[nH]c2ccccc12. The predicted molar refractivity (Wildman–Crippen MR) is 89.6 cm³/mol. The van der Waals surface area contributed by atoms with Crippen molar-refractivity contribution in [3.8, 4) is 11.3 Å². The van der Waals surface area contributed by atoms with Gasteiger partial charge in [0.15, 0.2) is 0 Å². The average Bonchev–Trinajstić information content (AvgIpc) is 3.11. The second kappa shape index (κ2) is 5.80. The van der Waals surface area contributed by atoms with E-state index in [1.807, 2.05) is 12.1 Å². The number of H-pyrrole nitrogens is 1. The molecule has 0 fully saturated rings. The highest BCUT2D eigenvalue weighted by Gasteiger charge is 2.12. The van der Waals surface area contributed by atoms with Crippen molar-refractivity contribution in [1.29, 1.82) is 0 Å². The highest BCUT2D eigenvalue weighted by Crippen LogP contribution is 2.31. The van der Waals surface area contributed by atoms with Crippen LogP contribution in [0, 0.1) is 0 Å². The normalized spacial score (nSPS) is 11.2. The molecule has 0 unspecified atom stereocenters. The van der Waals surface area contributed by atoms with Crippen LogP contribution in [-0.4, -0.2) is 17.2 Å². The van der Waals surface area contributed by atoms with Gasteiger partial charge in [0.2, 0.25) is 5.96 Å². The molecule has 0 aliphatic carbocycles. The van der Waals surface area contributed by atoms with E-state index in [2.05, 4.69) is 44.1 Å². The largest absolute Gasteiger partial charge is 0.369 e. The second-order valence-corrected chi connectivity index (χ2v) is 5.34. The lowest BCUT2D eigenvalue weighted by molar-refractivity contribution is 1.19. The van der Waals surface area contributed by atoms with Crippen LogP contribution in [0.25, 0.3) is 22.2 Å². The number of nitrogens with zero attached hydrogens (tertiary/aromatic N) is 2. The number of thiophene rings is 1. The van der Waals surface area contributed by atoms with E-state index in [0.717, 1.165) is 11.2 Å². The molecule has 0 spiro atoms. The minimum absolute atomic E-state index is 0.0387. The molecule has 2 heterocycles. The van der Waals surface area contributed by atoms with Gasteiger partial charge in [-0.15, -0.1) is 5.10 Å². The van der Waals surface area contributed by atoms with Crippen LogP contribution < -0.4 is 11.5 Å². The zero-order chi connectivity index (χ0) is 14.7. The summed E-state index contributed by atoms with van der Waals surface area (Å²) in [5.74, 6) is -0.0387. The maximum absolute atomic E-state index is 5.26. The number of aromatic amines is 1. The Balaban J connectivity index is 2.04. The topological polar surface area (TPSA) is 92.6 Å². The van der Waals surface area contributed by atoms with Gasteiger partial charge in [0, 0.05) is 34.5 Å². The van der Waals surface area contributed by atoms with Crippen molar-refractivity contribution in [2.75, 3.05) is 0 Å². The molecule has 0 aliphatic rings. The van der Waals surface area contributed by atoms with Crippen LogP contribution in [0.2, 0.25) is 0 Å². The molecule has 2 aromatic heterocycles. The van der Waals surface area contributed by atoms with Gasteiger partial charge in [-0.2, -0.15) is 16.4 Å². The number of para-hydroxylation sites is 1. The van der Waals surface area contributed by atoms with Gasteiger partial charge in [-0.25, -0.2) is 0 Å². The number of nitrogens with one attached hydrogen (secondary N) is 1. The zero-order valence-corrected chi connectivity index (χ0v) is 12.1. The highest BCUT2D eigenvalue weighted by molar-refractivity contribution is 7.08. The van der Waals surface area contributed by atoms with Crippen LogP contribution in [0.4, 0.5) is 0 Å². The molecule has 1 aromatic carbocycles. The molecule has 0 atom stereocenters. The molecule has 0 bridgehead atoms. The minimum Gasteiger partial charge on any atom is -0.369 e. The third kappa shape index (κ3) is 2.80. The molecule has 0 aliphatic heterocycles. The summed E-state index contributed by atoms with van der Waals surface area (Å²) in [7, 11) is 0. The number of aromatic nitrogens is 1. The number of rotatable bonds is 4. The fourth-order valence-electron chi connectivity index (χ4n) is 2.30. The molecule has 6 heteroatoms. The molecule has 5 nitrogen and oxygen atoms in total. The second-order valence-electron chi connectivity index (χ2n) is 4.56. The van der Waals surface area contributed by atoms with Crippen LogP contribution in [-0.2, 0) is 6.42 Å². The molecular weight excluding hydrogens is 282 g/mol. The van der Waals surface area contributed by atoms with Gasteiger partial charge in [0.05, 0.1) is 5.69 Å². The Morgan fingerprint density at radius 2 is 2.10 bits per heavy atom. The maximum Gasteiger partial charge on any atom is 0.211 e. The van der Waals surface area contributed by atoms with Crippen LogP contribution >= 0.6 is 11.3 Å². The number of hydrogen-bond donors (Lipinski definition) is 3. The Morgan fingerprint density at radius 1 is 1.24 bits per heavy atom. The lowest BCUT2D eigenvalue weighted by Crippen LogP contribution is -2.21. The third-order valence-electron chi connectivity index (χ3n) is 3.17. The van der Waals surface area contributed by atoms with Gasteiger partial charge < -0.3 is 16.5 Å². The monoisotopic (exact) mass is 297 g/mol. The summed E-state index contributed by atoms with van der Waals surface area (Å²) < 4.78 is 0. The van der Waals surface area contributed by atoms with E-state index in [-0.39, 0.29) is 5.96 Å². The van der Waals surface area contributed by atoms with Gasteiger partial charge in [-0.05, 0) is 23.1 Å². The molecule has 21 heavy (non-hydrogen) atoms. The van der Waals surface area contributed by atoms with Crippen LogP contribution in [0.1, 0.15) is 5.56 Å². The maximum atomic E-state index is 5.26. The van der Waals surface area contributed by atoms with Crippen molar-refractivity contribution in [2.24, 2.45) is 21.7 Å². The first-order valence-electron chi connectivity index (χ1n) is 6.48. The average molecular weight is 297 g/mol. The molecule has 0 saturated carbocycles. The minimum atomic E-state index is -0.0387. The van der Waals surface area contributed by atoms with Crippen LogP contribution in [0.3, 0.4) is 0 Å². The number of benzene rings is 1. The summed E-state index contributed by atoms with van der Waals surface area (Å²) in [5.41, 5.74) is 15.1.